The van der Waals surface area contributed by atoms with Crippen LogP contribution in [0.1, 0.15) is 33.6 Å². The van der Waals surface area contributed by atoms with Crippen molar-refractivity contribution >= 4 is 17.8 Å². The van der Waals surface area contributed by atoms with Crippen molar-refractivity contribution in [1.82, 2.24) is 4.90 Å². The fraction of sp³-hybridized carbons (Fsp3) is 0.727. The van der Waals surface area contributed by atoms with E-state index in [-0.39, 0.29) is 25.2 Å². The minimum absolute atomic E-state index is 0.0880. The molecule has 0 aromatic heterocycles. The maximum Gasteiger partial charge on any atom is 0.411 e. The first-order valence-electron chi connectivity index (χ1n) is 5.66. The van der Waals surface area contributed by atoms with Crippen molar-refractivity contribution in [3.05, 3.63) is 0 Å². The third kappa shape index (κ3) is 3.69. The third-order valence-corrected chi connectivity index (χ3v) is 2.45. The normalized spacial score (nSPS) is 20.6. The number of ketones is 1. The van der Waals surface area contributed by atoms with Crippen molar-refractivity contribution in [1.29, 1.82) is 0 Å². The molecule has 1 atom stereocenters. The van der Waals surface area contributed by atoms with E-state index in [1.54, 1.807) is 20.8 Å². The van der Waals surface area contributed by atoms with Crippen LogP contribution in [-0.2, 0) is 19.2 Å². The Labute approximate surface area is 105 Å². The van der Waals surface area contributed by atoms with Crippen LogP contribution >= 0.6 is 0 Å². The number of rotatable bonds is 1. The Bertz CT molecular complexity index is 361. The summed E-state index contributed by atoms with van der Waals surface area (Å²) in [5.41, 5.74) is -0.671. The zero-order valence-electron chi connectivity index (χ0n) is 10.8. The van der Waals surface area contributed by atoms with Crippen LogP contribution in [0.4, 0.5) is 4.79 Å². The first-order chi connectivity index (χ1) is 8.24. The van der Waals surface area contributed by atoms with Gasteiger partial charge in [0.15, 0.2) is 0 Å². The van der Waals surface area contributed by atoms with Crippen molar-refractivity contribution in [2.45, 2.75) is 45.3 Å². The van der Waals surface area contributed by atoms with E-state index in [0.717, 1.165) is 0 Å². The molecule has 1 saturated heterocycles. The molecule has 102 valence electrons. The molecule has 0 aliphatic carbocycles. The van der Waals surface area contributed by atoms with E-state index in [1.165, 1.54) is 4.90 Å². The number of carbonyl (C=O) groups excluding carboxylic acids is 3. The average Bonchev–Trinajstić information content (AvgIpc) is 2.25. The largest absolute Gasteiger partial charge is 0.444 e. The molecule has 0 aromatic rings. The number of ether oxygens (including phenoxy) is 1. The minimum Gasteiger partial charge on any atom is -0.444 e. The molecule has 7 heteroatoms. The highest BCUT2D eigenvalue weighted by atomic mass is 16.7. The number of piperidine rings is 1. The molecule has 1 rings (SSSR count). The van der Waals surface area contributed by atoms with Gasteiger partial charge in [0.25, 0.3) is 0 Å². The smallest absolute Gasteiger partial charge is 0.411 e. The predicted molar refractivity (Wildman–Crippen MR) is 61.2 cm³/mol. The van der Waals surface area contributed by atoms with E-state index in [4.69, 9.17) is 10.6 Å². The molecule has 1 amide bonds. The van der Waals surface area contributed by atoms with Gasteiger partial charge in [-0.15, -0.1) is 0 Å². The van der Waals surface area contributed by atoms with E-state index in [9.17, 15) is 14.4 Å². The predicted octanol–water partition coefficient (Wildman–Crippen LogP) is 0.372. The monoisotopic (exact) mass is 258 g/mol. The van der Waals surface area contributed by atoms with E-state index < -0.39 is 23.7 Å². The molecule has 0 radical (unpaired) electrons. The molecule has 1 fully saturated rings. The number of likely N-dealkylation sites (tertiary alicyclic amines) is 1. The van der Waals surface area contributed by atoms with Gasteiger partial charge in [-0.25, -0.2) is 9.59 Å². The second-order valence-electron chi connectivity index (χ2n) is 5.12. The van der Waals surface area contributed by atoms with Crippen LogP contribution in [0.3, 0.4) is 0 Å². The van der Waals surface area contributed by atoms with E-state index in [1.807, 2.05) is 0 Å². The van der Waals surface area contributed by atoms with Crippen molar-refractivity contribution < 1.29 is 24.0 Å². The summed E-state index contributed by atoms with van der Waals surface area (Å²) >= 11 is 0. The number of nitrogens with zero attached hydrogens (tertiary/aromatic N) is 1. The maximum atomic E-state index is 11.9. The molecule has 1 aliphatic heterocycles. The van der Waals surface area contributed by atoms with Crippen molar-refractivity contribution in [2.75, 3.05) is 6.54 Å². The number of amides is 1. The Kier molecular flexibility index (Phi) is 4.28. The van der Waals surface area contributed by atoms with Crippen LogP contribution < -0.4 is 5.90 Å². The van der Waals surface area contributed by atoms with Crippen LogP contribution in [0.2, 0.25) is 0 Å². The van der Waals surface area contributed by atoms with Gasteiger partial charge in [0.05, 0.1) is 0 Å². The molecule has 7 nitrogen and oxygen atoms in total. The summed E-state index contributed by atoms with van der Waals surface area (Å²) in [7, 11) is 0. The van der Waals surface area contributed by atoms with Crippen LogP contribution in [-0.4, -0.2) is 40.9 Å². The lowest BCUT2D eigenvalue weighted by Crippen LogP contribution is -2.52. The summed E-state index contributed by atoms with van der Waals surface area (Å²) in [4.78, 5) is 39.9. The minimum atomic E-state index is -0.994. The topological polar surface area (TPSA) is 98.9 Å². The van der Waals surface area contributed by atoms with Gasteiger partial charge in [-0.3, -0.25) is 9.69 Å². The Morgan fingerprint density at radius 1 is 1.39 bits per heavy atom. The lowest BCUT2D eigenvalue weighted by atomic mass is 10.0. The van der Waals surface area contributed by atoms with Gasteiger partial charge >= 0.3 is 12.1 Å². The summed E-state index contributed by atoms with van der Waals surface area (Å²) in [6, 6.07) is -0.994. The van der Waals surface area contributed by atoms with Crippen LogP contribution in [0.15, 0.2) is 0 Å². The number of nitrogens with two attached hydrogens (primary N) is 1. The fourth-order valence-corrected chi connectivity index (χ4v) is 1.66. The van der Waals surface area contributed by atoms with Gasteiger partial charge in [-0.1, -0.05) is 0 Å². The molecule has 18 heavy (non-hydrogen) atoms. The molecule has 0 spiro atoms. The van der Waals surface area contributed by atoms with E-state index in [0.29, 0.717) is 0 Å². The zero-order chi connectivity index (χ0) is 13.9. The van der Waals surface area contributed by atoms with Gasteiger partial charge < -0.3 is 9.57 Å². The lowest BCUT2D eigenvalue weighted by molar-refractivity contribution is -0.153. The Hall–Kier alpha value is -1.63. The molecule has 0 bridgehead atoms. The molecular formula is C11H18N2O5. The Morgan fingerprint density at radius 2 is 2.00 bits per heavy atom. The molecule has 2 N–H and O–H groups in total. The second kappa shape index (κ2) is 5.34. The summed E-state index contributed by atoms with van der Waals surface area (Å²) in [5.74, 6) is 3.88. The first kappa shape index (κ1) is 14.4. The lowest BCUT2D eigenvalue weighted by Gasteiger charge is -2.34. The number of Topliss-reactive ketones (excluding diaryl/α,β-unsaturated/α-hetero) is 1. The van der Waals surface area contributed by atoms with Crippen molar-refractivity contribution in [2.24, 2.45) is 5.90 Å². The quantitative estimate of drug-likeness (QED) is 0.682. The zero-order valence-corrected chi connectivity index (χ0v) is 10.8. The maximum absolute atomic E-state index is 11.9. The van der Waals surface area contributed by atoms with Gasteiger partial charge in [0.1, 0.15) is 17.4 Å². The SMILES string of the molecule is CC(C)(C)OC(=O)N1CCC(=O)C[C@H]1C(=O)ON. The Balaban J connectivity index is 2.80. The highest BCUT2D eigenvalue weighted by Gasteiger charge is 2.38. The van der Waals surface area contributed by atoms with Crippen LogP contribution in [0.5, 0.6) is 0 Å². The van der Waals surface area contributed by atoms with Gasteiger partial charge in [-0.2, -0.15) is 5.90 Å². The van der Waals surface area contributed by atoms with Crippen molar-refractivity contribution in [3.8, 4) is 0 Å². The van der Waals surface area contributed by atoms with Crippen LogP contribution in [0.25, 0.3) is 0 Å². The molecule has 0 unspecified atom stereocenters. The third-order valence-electron chi connectivity index (χ3n) is 2.45. The highest BCUT2D eigenvalue weighted by molar-refractivity contribution is 5.91. The first-order valence-corrected chi connectivity index (χ1v) is 5.66. The average molecular weight is 258 g/mol. The number of hydrogen-bond donors (Lipinski definition) is 1. The molecule has 0 saturated carbocycles. The molecule has 0 aromatic carbocycles. The summed E-state index contributed by atoms with van der Waals surface area (Å²) in [6.07, 6.45) is -0.534. The summed E-state index contributed by atoms with van der Waals surface area (Å²) in [6.45, 7) is 5.29. The highest BCUT2D eigenvalue weighted by Crippen LogP contribution is 2.19. The molecular weight excluding hydrogens is 240 g/mol. The standard InChI is InChI=1S/C11H18N2O5/c1-11(2,3)17-10(16)13-5-4-7(14)6-8(13)9(15)18-12/h8H,4-6,12H2,1-3H3/t8-/m0/s1. The van der Waals surface area contributed by atoms with E-state index >= 15 is 0 Å². The summed E-state index contributed by atoms with van der Waals surface area (Å²) < 4.78 is 5.16. The number of carbonyl (C=O) groups is 3. The molecule has 1 heterocycles. The van der Waals surface area contributed by atoms with E-state index in [2.05, 4.69) is 4.84 Å². The fourth-order valence-electron chi connectivity index (χ4n) is 1.66. The van der Waals surface area contributed by atoms with Gasteiger partial charge in [0, 0.05) is 19.4 Å². The van der Waals surface area contributed by atoms with Crippen LogP contribution in [0, 0.1) is 0 Å². The molecule has 1 aliphatic rings. The van der Waals surface area contributed by atoms with Gasteiger partial charge in [-0.05, 0) is 20.8 Å². The number of hydrogen-bond acceptors (Lipinski definition) is 6. The second-order valence-corrected chi connectivity index (χ2v) is 5.12. The Morgan fingerprint density at radius 3 is 2.50 bits per heavy atom. The van der Waals surface area contributed by atoms with Gasteiger partial charge in [0.2, 0.25) is 0 Å². The summed E-state index contributed by atoms with van der Waals surface area (Å²) in [5, 5.41) is 0. The van der Waals surface area contributed by atoms with Crippen molar-refractivity contribution in [3.63, 3.8) is 0 Å².